The van der Waals surface area contributed by atoms with Gasteiger partial charge in [0.15, 0.2) is 0 Å². The Bertz CT molecular complexity index is 293. The number of rotatable bonds is 1. The highest BCUT2D eigenvalue weighted by molar-refractivity contribution is 5.83. The van der Waals surface area contributed by atoms with E-state index in [1.54, 1.807) is 30.2 Å². The smallest absolute Gasteiger partial charge is 0.317 e. The Balaban J connectivity index is 2.90. The van der Waals surface area contributed by atoms with E-state index in [2.05, 4.69) is 4.74 Å². The normalized spacial score (nSPS) is 20.4. The van der Waals surface area contributed by atoms with Crippen molar-refractivity contribution in [3.63, 3.8) is 0 Å². The molecular formula is C9H8O3. The lowest BCUT2D eigenvalue weighted by Crippen LogP contribution is -2.17. The molecule has 0 aromatic rings. The molecule has 1 aliphatic carbocycles. The highest BCUT2D eigenvalue weighted by atomic mass is 16.5. The second kappa shape index (κ2) is 3.69. The van der Waals surface area contributed by atoms with Gasteiger partial charge in [0.25, 0.3) is 0 Å². The van der Waals surface area contributed by atoms with Crippen molar-refractivity contribution in [3.05, 3.63) is 29.9 Å². The van der Waals surface area contributed by atoms with Crippen LogP contribution in [0.3, 0.4) is 0 Å². The molecule has 0 aromatic carbocycles. The van der Waals surface area contributed by atoms with Crippen LogP contribution in [0.5, 0.6) is 0 Å². The Morgan fingerprint density at radius 2 is 2.33 bits per heavy atom. The summed E-state index contributed by atoms with van der Waals surface area (Å²) in [7, 11) is 1.29. The Morgan fingerprint density at radius 1 is 1.58 bits per heavy atom. The van der Waals surface area contributed by atoms with E-state index in [-0.39, 0.29) is 0 Å². The van der Waals surface area contributed by atoms with Gasteiger partial charge in [-0.25, -0.2) is 4.79 Å². The zero-order valence-electron chi connectivity index (χ0n) is 6.61. The molecule has 1 atom stereocenters. The molecule has 0 aromatic heterocycles. The van der Waals surface area contributed by atoms with E-state index in [9.17, 15) is 9.59 Å². The summed E-state index contributed by atoms with van der Waals surface area (Å²) in [5.41, 5.74) is 0.310. The van der Waals surface area contributed by atoms with Crippen molar-refractivity contribution in [2.75, 3.05) is 7.11 Å². The van der Waals surface area contributed by atoms with Crippen molar-refractivity contribution >= 4 is 11.9 Å². The van der Waals surface area contributed by atoms with E-state index in [1.165, 1.54) is 7.11 Å². The van der Waals surface area contributed by atoms with Crippen molar-refractivity contribution < 1.29 is 14.3 Å². The summed E-state index contributed by atoms with van der Waals surface area (Å²) in [5.74, 6) is 0.675. The van der Waals surface area contributed by atoms with Gasteiger partial charge in [0.2, 0.25) is 0 Å². The van der Waals surface area contributed by atoms with E-state index in [0.29, 0.717) is 5.57 Å². The minimum atomic E-state index is -0.586. The minimum absolute atomic E-state index is 0.310. The molecule has 0 heterocycles. The molecule has 0 N–H and O–H groups in total. The second-order valence-electron chi connectivity index (χ2n) is 2.30. The maximum atomic E-state index is 11.0. The third-order valence-electron chi connectivity index (χ3n) is 1.60. The van der Waals surface area contributed by atoms with Gasteiger partial charge in [-0.2, -0.15) is 0 Å². The van der Waals surface area contributed by atoms with Crippen LogP contribution in [0, 0.1) is 5.92 Å². The van der Waals surface area contributed by atoms with E-state index in [1.807, 2.05) is 0 Å². The Labute approximate surface area is 70.0 Å². The van der Waals surface area contributed by atoms with Gasteiger partial charge in [0.1, 0.15) is 11.9 Å². The number of esters is 1. The molecule has 0 bridgehead atoms. The molecule has 1 aliphatic rings. The molecule has 0 spiro atoms. The largest absolute Gasteiger partial charge is 0.468 e. The summed E-state index contributed by atoms with van der Waals surface area (Å²) < 4.78 is 4.50. The van der Waals surface area contributed by atoms with Gasteiger partial charge in [0.05, 0.1) is 12.7 Å². The van der Waals surface area contributed by atoms with Crippen LogP contribution in [0.25, 0.3) is 0 Å². The van der Waals surface area contributed by atoms with Crippen molar-refractivity contribution in [1.29, 1.82) is 0 Å². The average molecular weight is 164 g/mol. The van der Waals surface area contributed by atoms with Crippen molar-refractivity contribution in [1.82, 2.24) is 0 Å². The molecular weight excluding hydrogens is 156 g/mol. The van der Waals surface area contributed by atoms with E-state index < -0.39 is 11.9 Å². The quantitative estimate of drug-likeness (QED) is 0.422. The highest BCUT2D eigenvalue weighted by Crippen LogP contribution is 2.17. The number of hydrogen-bond donors (Lipinski definition) is 0. The van der Waals surface area contributed by atoms with Crippen LogP contribution in [-0.4, -0.2) is 19.0 Å². The molecule has 1 rings (SSSR count). The fraction of sp³-hybridized carbons (Fsp3) is 0.222. The topological polar surface area (TPSA) is 43.4 Å². The molecule has 0 saturated carbocycles. The zero-order chi connectivity index (χ0) is 8.97. The molecule has 1 unspecified atom stereocenters. The van der Waals surface area contributed by atoms with Crippen molar-refractivity contribution in [3.8, 4) is 0 Å². The summed E-state index contributed by atoms with van der Waals surface area (Å²) in [6.45, 7) is 0. The van der Waals surface area contributed by atoms with Crippen LogP contribution in [0.2, 0.25) is 0 Å². The lowest BCUT2D eigenvalue weighted by molar-refractivity contribution is -0.142. The first-order chi connectivity index (χ1) is 5.79. The Kier molecular flexibility index (Phi) is 2.62. The molecule has 12 heavy (non-hydrogen) atoms. The second-order valence-corrected chi connectivity index (χ2v) is 2.30. The molecule has 3 nitrogen and oxygen atoms in total. The van der Waals surface area contributed by atoms with Gasteiger partial charge in [-0.15, -0.1) is 0 Å². The third kappa shape index (κ3) is 1.52. The lowest BCUT2D eigenvalue weighted by atomic mass is 9.96. The van der Waals surface area contributed by atoms with Gasteiger partial charge < -0.3 is 4.74 Å². The van der Waals surface area contributed by atoms with Gasteiger partial charge in [-0.3, -0.25) is 4.79 Å². The number of carbonyl (C=O) groups excluding carboxylic acids is 2. The van der Waals surface area contributed by atoms with Crippen LogP contribution in [-0.2, 0) is 14.3 Å². The fourth-order valence-corrected chi connectivity index (χ4v) is 0.972. The first-order valence-corrected chi connectivity index (χ1v) is 3.47. The maximum absolute atomic E-state index is 11.0. The van der Waals surface area contributed by atoms with Crippen LogP contribution in [0.15, 0.2) is 29.9 Å². The molecule has 3 heteroatoms. The summed E-state index contributed by atoms with van der Waals surface area (Å²) >= 11 is 0. The highest BCUT2D eigenvalue weighted by Gasteiger charge is 2.21. The minimum Gasteiger partial charge on any atom is -0.468 e. The molecule has 0 radical (unpaired) electrons. The molecule has 0 aliphatic heterocycles. The maximum Gasteiger partial charge on any atom is 0.317 e. The van der Waals surface area contributed by atoms with Crippen molar-refractivity contribution in [2.24, 2.45) is 5.92 Å². The van der Waals surface area contributed by atoms with E-state index >= 15 is 0 Å². The first kappa shape index (κ1) is 8.50. The molecule has 0 amide bonds. The van der Waals surface area contributed by atoms with Crippen LogP contribution < -0.4 is 0 Å². The SMILES string of the molecule is COC(=O)C1C=CC=CC1=C=O. The van der Waals surface area contributed by atoms with Gasteiger partial charge in [0, 0.05) is 0 Å². The average Bonchev–Trinajstić information content (AvgIpc) is 2.16. The van der Waals surface area contributed by atoms with Crippen molar-refractivity contribution in [2.45, 2.75) is 0 Å². The van der Waals surface area contributed by atoms with Gasteiger partial charge in [-0.1, -0.05) is 18.2 Å². The van der Waals surface area contributed by atoms with Crippen LogP contribution in [0.4, 0.5) is 0 Å². The summed E-state index contributed by atoms with van der Waals surface area (Å²) in [4.78, 5) is 21.4. The lowest BCUT2D eigenvalue weighted by Gasteiger charge is -2.10. The van der Waals surface area contributed by atoms with Crippen LogP contribution in [0.1, 0.15) is 0 Å². The summed E-state index contributed by atoms with van der Waals surface area (Å²) in [5, 5.41) is 0. The fourth-order valence-electron chi connectivity index (χ4n) is 0.972. The molecule has 0 saturated heterocycles. The number of methoxy groups -OCH3 is 1. The Hall–Kier alpha value is -1.60. The number of ether oxygens (including phenoxy) is 1. The summed E-state index contributed by atoms with van der Waals surface area (Å²) in [6.07, 6.45) is 6.53. The predicted octanol–water partition coefficient (Wildman–Crippen LogP) is 0.660. The third-order valence-corrected chi connectivity index (χ3v) is 1.60. The van der Waals surface area contributed by atoms with Gasteiger partial charge in [-0.05, 0) is 6.08 Å². The molecule has 0 fully saturated rings. The van der Waals surface area contributed by atoms with E-state index in [4.69, 9.17) is 0 Å². The monoisotopic (exact) mass is 164 g/mol. The predicted molar refractivity (Wildman–Crippen MR) is 43.0 cm³/mol. The number of hydrogen-bond acceptors (Lipinski definition) is 3. The van der Waals surface area contributed by atoms with Gasteiger partial charge >= 0.3 is 5.97 Å². The number of carbonyl (C=O) groups is 1. The molecule has 62 valence electrons. The summed E-state index contributed by atoms with van der Waals surface area (Å²) in [6, 6.07) is 0. The number of allylic oxidation sites excluding steroid dienone is 3. The standard InChI is InChI=1S/C9H8O3/c1-12-9(11)8-5-3-2-4-7(8)6-10/h2-5,8H,1H3. The van der Waals surface area contributed by atoms with Crippen LogP contribution >= 0.6 is 0 Å². The zero-order valence-corrected chi connectivity index (χ0v) is 6.61. The Morgan fingerprint density at radius 3 is 2.92 bits per heavy atom. The first-order valence-electron chi connectivity index (χ1n) is 3.47. The van der Waals surface area contributed by atoms with E-state index in [0.717, 1.165) is 0 Å².